The van der Waals surface area contributed by atoms with Crippen LogP contribution in [0.15, 0.2) is 48.5 Å². The molecule has 2 aromatic rings. The molecule has 0 radical (unpaired) electrons. The largest absolute Gasteiger partial charge is 0.454 e. The minimum atomic E-state index is -1.29. The van der Waals surface area contributed by atoms with Crippen molar-refractivity contribution < 1.29 is 23.9 Å². The Bertz CT molecular complexity index is 959. The molecule has 0 aromatic heterocycles. The van der Waals surface area contributed by atoms with Crippen LogP contribution in [0.25, 0.3) is 0 Å². The first-order chi connectivity index (χ1) is 12.8. The van der Waals surface area contributed by atoms with Crippen molar-refractivity contribution in [3.8, 4) is 0 Å². The number of halogens is 1. The Balaban J connectivity index is 1.72. The molecule has 0 saturated carbocycles. The molecule has 1 aliphatic rings. The van der Waals surface area contributed by atoms with Crippen molar-refractivity contribution in [2.75, 3.05) is 6.61 Å². The Hall–Kier alpha value is -3.19. The van der Waals surface area contributed by atoms with E-state index in [2.05, 4.69) is 10.6 Å². The molecule has 3 amide bonds. The third-order valence-electron chi connectivity index (χ3n) is 4.20. The van der Waals surface area contributed by atoms with Gasteiger partial charge in [0.1, 0.15) is 5.54 Å². The normalized spacial score (nSPS) is 18.6. The number of nitrogens with one attached hydrogen (secondary N) is 2. The number of esters is 1. The smallest absolute Gasteiger partial charge is 0.338 e. The summed E-state index contributed by atoms with van der Waals surface area (Å²) in [6.07, 6.45) is 0. The first-order valence-corrected chi connectivity index (χ1v) is 8.37. The molecule has 138 valence electrons. The monoisotopic (exact) mass is 386 g/mol. The third kappa shape index (κ3) is 3.83. The second-order valence-electron chi connectivity index (χ2n) is 6.12. The van der Waals surface area contributed by atoms with E-state index < -0.39 is 35.8 Å². The van der Waals surface area contributed by atoms with Gasteiger partial charge in [0.15, 0.2) is 12.4 Å². The number of carbonyl (C=O) groups is 4. The van der Waals surface area contributed by atoms with Gasteiger partial charge in [-0.05, 0) is 36.8 Å². The molecule has 7 nitrogen and oxygen atoms in total. The Morgan fingerprint density at radius 1 is 1.07 bits per heavy atom. The number of rotatable bonds is 5. The Morgan fingerprint density at radius 3 is 2.44 bits per heavy atom. The van der Waals surface area contributed by atoms with Crippen molar-refractivity contribution in [2.45, 2.75) is 12.5 Å². The Kier molecular flexibility index (Phi) is 4.96. The summed E-state index contributed by atoms with van der Waals surface area (Å²) < 4.78 is 5.06. The topological polar surface area (TPSA) is 102 Å². The van der Waals surface area contributed by atoms with Gasteiger partial charge in [-0.25, -0.2) is 9.59 Å². The van der Waals surface area contributed by atoms with Crippen molar-refractivity contribution in [1.82, 2.24) is 10.6 Å². The zero-order valence-corrected chi connectivity index (χ0v) is 15.0. The molecule has 27 heavy (non-hydrogen) atoms. The number of carbonyl (C=O) groups excluding carboxylic acids is 4. The lowest BCUT2D eigenvalue weighted by molar-refractivity contribution is -0.123. The third-order valence-corrected chi connectivity index (χ3v) is 4.44. The number of hydrogen-bond acceptors (Lipinski definition) is 5. The van der Waals surface area contributed by atoms with Crippen LogP contribution in [0.2, 0.25) is 5.02 Å². The first kappa shape index (κ1) is 18.6. The van der Waals surface area contributed by atoms with Crippen molar-refractivity contribution >= 4 is 35.3 Å². The molecule has 1 heterocycles. The summed E-state index contributed by atoms with van der Waals surface area (Å²) in [5.74, 6) is -1.63. The van der Waals surface area contributed by atoms with Crippen molar-refractivity contribution in [3.63, 3.8) is 0 Å². The first-order valence-electron chi connectivity index (χ1n) is 7.99. The van der Waals surface area contributed by atoms with Crippen LogP contribution in [0.5, 0.6) is 0 Å². The molecule has 0 spiro atoms. The van der Waals surface area contributed by atoms with Crippen LogP contribution in [0.1, 0.15) is 33.2 Å². The van der Waals surface area contributed by atoms with Crippen molar-refractivity contribution in [3.05, 3.63) is 70.2 Å². The van der Waals surface area contributed by atoms with Crippen LogP contribution in [-0.4, -0.2) is 30.3 Å². The Labute approximate surface area is 159 Å². The average Bonchev–Trinajstić information content (AvgIpc) is 2.92. The molecule has 0 unspecified atom stereocenters. The minimum absolute atomic E-state index is 0.154. The van der Waals surface area contributed by atoms with Gasteiger partial charge in [-0.1, -0.05) is 35.9 Å². The highest BCUT2D eigenvalue weighted by Gasteiger charge is 2.43. The number of amides is 3. The fraction of sp³-hybridized carbons (Fsp3) is 0.158. The quantitative estimate of drug-likeness (QED) is 0.467. The van der Waals surface area contributed by atoms with E-state index in [0.29, 0.717) is 16.1 Å². The predicted octanol–water partition coefficient (Wildman–Crippen LogP) is 2.43. The van der Waals surface area contributed by atoms with E-state index >= 15 is 0 Å². The molecule has 3 rings (SSSR count). The van der Waals surface area contributed by atoms with E-state index in [1.165, 1.54) is 25.1 Å². The maximum absolute atomic E-state index is 12.3. The van der Waals surface area contributed by atoms with Crippen LogP contribution in [0, 0.1) is 0 Å². The Morgan fingerprint density at radius 2 is 1.78 bits per heavy atom. The number of benzene rings is 2. The second-order valence-corrected chi connectivity index (χ2v) is 6.56. The molecule has 2 N–H and O–H groups in total. The minimum Gasteiger partial charge on any atom is -0.454 e. The highest BCUT2D eigenvalue weighted by Crippen LogP contribution is 2.25. The molecule has 8 heteroatoms. The molecule has 1 atom stereocenters. The van der Waals surface area contributed by atoms with E-state index in [0.717, 1.165) is 0 Å². The molecule has 1 saturated heterocycles. The summed E-state index contributed by atoms with van der Waals surface area (Å²) in [5, 5.41) is 5.09. The summed E-state index contributed by atoms with van der Waals surface area (Å²) in [6.45, 7) is 1.08. The summed E-state index contributed by atoms with van der Waals surface area (Å²) in [5.41, 5.74) is -0.380. The molecule has 0 aliphatic carbocycles. The molecule has 0 bridgehead atoms. The molecular weight excluding hydrogens is 372 g/mol. The predicted molar refractivity (Wildman–Crippen MR) is 96.5 cm³/mol. The summed E-state index contributed by atoms with van der Waals surface area (Å²) >= 11 is 5.84. The lowest BCUT2D eigenvalue weighted by atomic mass is 9.91. The van der Waals surface area contributed by atoms with E-state index in [4.69, 9.17) is 16.3 Å². The van der Waals surface area contributed by atoms with E-state index in [1.54, 1.807) is 30.3 Å². The van der Waals surface area contributed by atoms with Crippen molar-refractivity contribution in [2.24, 2.45) is 0 Å². The van der Waals surface area contributed by atoms with Gasteiger partial charge in [-0.3, -0.25) is 14.9 Å². The van der Waals surface area contributed by atoms with Gasteiger partial charge in [0.2, 0.25) is 0 Å². The van der Waals surface area contributed by atoms with Gasteiger partial charge in [0, 0.05) is 10.6 Å². The SMILES string of the molecule is C[C@]1(c2cccc(C(=O)OCC(=O)c3cccc(Cl)c3)c2)NC(=O)NC1=O. The van der Waals surface area contributed by atoms with Gasteiger partial charge < -0.3 is 10.1 Å². The van der Waals surface area contributed by atoms with Gasteiger partial charge in [-0.2, -0.15) is 0 Å². The summed E-state index contributed by atoms with van der Waals surface area (Å²) in [4.78, 5) is 47.8. The fourth-order valence-electron chi connectivity index (χ4n) is 2.66. The second kappa shape index (κ2) is 7.20. The highest BCUT2D eigenvalue weighted by atomic mass is 35.5. The van der Waals surface area contributed by atoms with Crippen LogP contribution in [0.4, 0.5) is 4.79 Å². The molecule has 1 fully saturated rings. The zero-order valence-electron chi connectivity index (χ0n) is 14.2. The van der Waals surface area contributed by atoms with E-state index in [-0.39, 0.29) is 5.56 Å². The van der Waals surface area contributed by atoms with E-state index in [9.17, 15) is 19.2 Å². The highest BCUT2D eigenvalue weighted by molar-refractivity contribution is 6.31. The lowest BCUT2D eigenvalue weighted by Gasteiger charge is -2.21. The number of Topliss-reactive ketones (excluding diaryl/α,β-unsaturated/α-hetero) is 1. The van der Waals surface area contributed by atoms with Gasteiger partial charge in [-0.15, -0.1) is 0 Å². The standard InChI is InChI=1S/C19H15ClN2O5/c1-19(17(25)21-18(26)22-19)13-6-2-5-12(8-13)16(24)27-10-15(23)11-4-3-7-14(20)9-11/h2-9H,10H2,1H3,(H2,21,22,25,26)/t19-/m1/s1. The molecule has 2 aromatic carbocycles. The number of imide groups is 1. The van der Waals surface area contributed by atoms with Crippen LogP contribution in [0.3, 0.4) is 0 Å². The number of hydrogen-bond donors (Lipinski definition) is 2. The lowest BCUT2D eigenvalue weighted by Crippen LogP contribution is -2.40. The molecular formula is C19H15ClN2O5. The van der Waals surface area contributed by atoms with Gasteiger partial charge in [0.25, 0.3) is 5.91 Å². The van der Waals surface area contributed by atoms with Gasteiger partial charge in [0.05, 0.1) is 5.56 Å². The summed E-state index contributed by atoms with van der Waals surface area (Å²) in [7, 11) is 0. The molecule has 1 aliphatic heterocycles. The zero-order chi connectivity index (χ0) is 19.6. The maximum atomic E-state index is 12.3. The van der Waals surface area contributed by atoms with E-state index in [1.807, 2.05) is 0 Å². The van der Waals surface area contributed by atoms with Crippen LogP contribution < -0.4 is 10.6 Å². The fourth-order valence-corrected chi connectivity index (χ4v) is 2.85. The number of ketones is 1. The van der Waals surface area contributed by atoms with Crippen LogP contribution >= 0.6 is 11.6 Å². The van der Waals surface area contributed by atoms with Gasteiger partial charge >= 0.3 is 12.0 Å². The van der Waals surface area contributed by atoms with Crippen LogP contribution in [-0.2, 0) is 15.1 Å². The average molecular weight is 387 g/mol. The number of ether oxygens (including phenoxy) is 1. The maximum Gasteiger partial charge on any atom is 0.338 e. The number of urea groups is 1. The summed E-state index contributed by atoms with van der Waals surface area (Å²) in [6, 6.07) is 11.8. The van der Waals surface area contributed by atoms with Crippen molar-refractivity contribution in [1.29, 1.82) is 0 Å².